The van der Waals surface area contributed by atoms with Crippen LogP contribution < -0.4 is 10.6 Å². The average molecular weight is 278 g/mol. The lowest BCUT2D eigenvalue weighted by Gasteiger charge is -2.14. The van der Waals surface area contributed by atoms with Crippen molar-refractivity contribution in [3.63, 3.8) is 0 Å². The summed E-state index contributed by atoms with van der Waals surface area (Å²) in [4.78, 5) is 33.9. The first kappa shape index (κ1) is 16.1. The zero-order valence-corrected chi connectivity index (χ0v) is 12.1. The van der Waals surface area contributed by atoms with Crippen LogP contribution >= 0.6 is 0 Å². The Morgan fingerprint density at radius 3 is 2.75 bits per heavy atom. The van der Waals surface area contributed by atoms with Crippen molar-refractivity contribution >= 4 is 18.1 Å². The van der Waals surface area contributed by atoms with E-state index in [1.807, 2.05) is 19.1 Å². The predicted octanol–water partition coefficient (Wildman–Crippen LogP) is 1.25. The van der Waals surface area contributed by atoms with Gasteiger partial charge in [0.2, 0.25) is 11.8 Å². The molecule has 0 aromatic rings. The summed E-state index contributed by atoms with van der Waals surface area (Å²) in [6, 6.07) is -0.603. The molecule has 1 unspecified atom stereocenters. The predicted molar refractivity (Wildman–Crippen MR) is 77.0 cm³/mol. The minimum Gasteiger partial charge on any atom is -0.359 e. The lowest BCUT2D eigenvalue weighted by molar-refractivity contribution is -0.124. The molecule has 5 heteroatoms. The highest BCUT2D eigenvalue weighted by molar-refractivity contribution is 5.82. The summed E-state index contributed by atoms with van der Waals surface area (Å²) < 4.78 is 0. The maximum atomic E-state index is 11.9. The number of nitrogens with one attached hydrogen (secondary N) is 2. The molecule has 0 saturated heterocycles. The molecule has 0 spiro atoms. The van der Waals surface area contributed by atoms with Crippen molar-refractivity contribution in [2.24, 2.45) is 0 Å². The summed E-state index contributed by atoms with van der Waals surface area (Å²) in [6.45, 7) is 2.04. The van der Waals surface area contributed by atoms with Crippen molar-refractivity contribution in [1.82, 2.24) is 10.6 Å². The van der Waals surface area contributed by atoms with Crippen molar-refractivity contribution in [1.29, 1.82) is 0 Å². The summed E-state index contributed by atoms with van der Waals surface area (Å²) in [5, 5.41) is 5.14. The largest absolute Gasteiger partial charge is 0.359 e. The maximum Gasteiger partial charge on any atom is 0.224 e. The lowest BCUT2D eigenvalue weighted by atomic mass is 9.98. The van der Waals surface area contributed by atoms with Crippen LogP contribution in [-0.2, 0) is 14.4 Å². The Bertz CT molecular complexity index is 438. The molecule has 20 heavy (non-hydrogen) atoms. The third-order valence-corrected chi connectivity index (χ3v) is 3.21. The molecular formula is C15H22N2O3. The molecule has 1 rings (SSSR count). The topological polar surface area (TPSA) is 75.3 Å². The number of carbonyl (C=O) groups excluding carboxylic acids is 3. The van der Waals surface area contributed by atoms with Crippen LogP contribution in [0.2, 0.25) is 0 Å². The summed E-state index contributed by atoms with van der Waals surface area (Å²) in [5.41, 5.74) is 2.25. The smallest absolute Gasteiger partial charge is 0.224 e. The normalized spacial score (nSPS) is 15.7. The van der Waals surface area contributed by atoms with E-state index in [0.29, 0.717) is 12.7 Å². The first-order chi connectivity index (χ1) is 9.55. The van der Waals surface area contributed by atoms with Crippen molar-refractivity contribution in [2.45, 2.75) is 45.1 Å². The Balaban J connectivity index is 2.41. The van der Waals surface area contributed by atoms with Crippen molar-refractivity contribution in [3.05, 3.63) is 23.3 Å². The fourth-order valence-corrected chi connectivity index (χ4v) is 2.09. The average Bonchev–Trinajstić information content (AvgIpc) is 2.42. The van der Waals surface area contributed by atoms with E-state index in [0.717, 1.165) is 18.4 Å². The second kappa shape index (κ2) is 8.30. The lowest BCUT2D eigenvalue weighted by Crippen LogP contribution is -2.37. The molecule has 2 amide bonds. The number of hydrogen-bond acceptors (Lipinski definition) is 3. The van der Waals surface area contributed by atoms with Gasteiger partial charge in [-0.05, 0) is 31.8 Å². The monoisotopic (exact) mass is 278 g/mol. The van der Waals surface area contributed by atoms with Gasteiger partial charge in [-0.2, -0.15) is 0 Å². The second-order valence-corrected chi connectivity index (χ2v) is 5.01. The molecule has 0 heterocycles. The van der Waals surface area contributed by atoms with Crippen LogP contribution in [0.1, 0.15) is 39.0 Å². The highest BCUT2D eigenvalue weighted by Gasteiger charge is 2.14. The van der Waals surface area contributed by atoms with E-state index in [4.69, 9.17) is 0 Å². The fourth-order valence-electron chi connectivity index (χ4n) is 2.09. The number of allylic oxidation sites excluding steroid dienone is 3. The SMILES string of the molecule is CNC(=O)CCC(C=O)NC(=O)CC1=CCCC(C)=C1. The summed E-state index contributed by atoms with van der Waals surface area (Å²) in [5.74, 6) is -0.323. The zero-order valence-electron chi connectivity index (χ0n) is 12.1. The van der Waals surface area contributed by atoms with Gasteiger partial charge in [0, 0.05) is 13.5 Å². The van der Waals surface area contributed by atoms with Gasteiger partial charge >= 0.3 is 0 Å². The Morgan fingerprint density at radius 2 is 2.15 bits per heavy atom. The molecule has 0 radical (unpaired) electrons. The van der Waals surface area contributed by atoms with Gasteiger partial charge in [-0.1, -0.05) is 17.7 Å². The van der Waals surface area contributed by atoms with E-state index in [1.54, 1.807) is 7.05 Å². The molecule has 0 aromatic carbocycles. The molecule has 0 saturated carbocycles. The fraction of sp³-hybridized carbons (Fsp3) is 0.533. The van der Waals surface area contributed by atoms with E-state index < -0.39 is 6.04 Å². The molecule has 2 N–H and O–H groups in total. The molecule has 5 nitrogen and oxygen atoms in total. The zero-order chi connectivity index (χ0) is 15.0. The van der Waals surface area contributed by atoms with E-state index in [-0.39, 0.29) is 24.7 Å². The standard InChI is InChI=1S/C15H22N2O3/c1-11-4-3-5-12(8-11)9-15(20)17-13(10-18)6-7-14(19)16-2/h5,8,10,13H,3-4,6-7,9H2,1-2H3,(H,16,19)(H,17,20). The maximum absolute atomic E-state index is 11.9. The first-order valence-electron chi connectivity index (χ1n) is 6.86. The van der Waals surface area contributed by atoms with Gasteiger partial charge in [0.15, 0.2) is 0 Å². The number of aldehydes is 1. The van der Waals surface area contributed by atoms with Crippen LogP contribution in [0, 0.1) is 0 Å². The highest BCUT2D eigenvalue weighted by Crippen LogP contribution is 2.18. The Hall–Kier alpha value is -1.91. The van der Waals surface area contributed by atoms with E-state index in [9.17, 15) is 14.4 Å². The molecule has 0 aliphatic heterocycles. The second-order valence-electron chi connectivity index (χ2n) is 5.01. The van der Waals surface area contributed by atoms with Gasteiger partial charge < -0.3 is 15.4 Å². The third-order valence-electron chi connectivity index (χ3n) is 3.21. The molecule has 1 atom stereocenters. The number of hydrogen-bond donors (Lipinski definition) is 2. The first-order valence-corrected chi connectivity index (χ1v) is 6.86. The van der Waals surface area contributed by atoms with Crippen molar-refractivity contribution in [3.8, 4) is 0 Å². The van der Waals surface area contributed by atoms with E-state index in [2.05, 4.69) is 10.6 Å². The van der Waals surface area contributed by atoms with Gasteiger partial charge in [-0.3, -0.25) is 9.59 Å². The molecule has 0 bridgehead atoms. The number of rotatable bonds is 7. The quantitative estimate of drug-likeness (QED) is 0.688. The van der Waals surface area contributed by atoms with E-state index in [1.165, 1.54) is 5.57 Å². The van der Waals surface area contributed by atoms with Crippen molar-refractivity contribution < 1.29 is 14.4 Å². The summed E-state index contributed by atoms with van der Waals surface area (Å²) in [6.07, 6.45) is 7.56. The number of amides is 2. The van der Waals surface area contributed by atoms with Gasteiger partial charge in [-0.25, -0.2) is 0 Å². The van der Waals surface area contributed by atoms with Crippen LogP contribution in [0.15, 0.2) is 23.3 Å². The van der Waals surface area contributed by atoms with Gasteiger partial charge in [0.25, 0.3) is 0 Å². The molecular weight excluding hydrogens is 256 g/mol. The van der Waals surface area contributed by atoms with Crippen LogP contribution in [0.25, 0.3) is 0 Å². The van der Waals surface area contributed by atoms with Gasteiger partial charge in [0.05, 0.1) is 12.5 Å². The highest BCUT2D eigenvalue weighted by atomic mass is 16.2. The summed E-state index contributed by atoms with van der Waals surface area (Å²) in [7, 11) is 1.54. The van der Waals surface area contributed by atoms with Gasteiger partial charge in [-0.15, -0.1) is 0 Å². The van der Waals surface area contributed by atoms with Crippen LogP contribution in [0.4, 0.5) is 0 Å². The van der Waals surface area contributed by atoms with Crippen LogP contribution in [-0.4, -0.2) is 31.2 Å². The van der Waals surface area contributed by atoms with E-state index >= 15 is 0 Å². The molecule has 1 aliphatic rings. The Labute approximate surface area is 119 Å². The molecule has 1 aliphatic carbocycles. The Kier molecular flexibility index (Phi) is 6.70. The molecule has 0 aromatic heterocycles. The Morgan fingerprint density at radius 1 is 1.40 bits per heavy atom. The third kappa shape index (κ3) is 5.82. The van der Waals surface area contributed by atoms with Crippen LogP contribution in [0.3, 0.4) is 0 Å². The van der Waals surface area contributed by atoms with Gasteiger partial charge in [0.1, 0.15) is 6.29 Å². The van der Waals surface area contributed by atoms with Crippen molar-refractivity contribution in [2.75, 3.05) is 7.05 Å². The van der Waals surface area contributed by atoms with Crippen LogP contribution in [0.5, 0.6) is 0 Å². The minimum atomic E-state index is -0.603. The summed E-state index contributed by atoms with van der Waals surface area (Å²) >= 11 is 0. The molecule has 110 valence electrons. The number of carbonyl (C=O) groups is 3. The molecule has 0 fully saturated rings. The minimum absolute atomic E-state index is 0.139.